The fraction of sp³-hybridized carbons (Fsp3) is 0.571. The number of benzene rings is 1. The van der Waals surface area contributed by atoms with Crippen LogP contribution in [0.1, 0.15) is 25.7 Å². The molecule has 7 nitrogen and oxygen atoms in total. The van der Waals surface area contributed by atoms with Gasteiger partial charge in [0.2, 0.25) is 5.91 Å². The van der Waals surface area contributed by atoms with Gasteiger partial charge < -0.3 is 10.1 Å². The highest BCUT2D eigenvalue weighted by Gasteiger charge is 2.30. The molecule has 3 heterocycles. The normalized spacial score (nSPS) is 21.6. The number of fused-ring (bicyclic) bond motifs is 1. The standard InChI is InChI=1S/C21H28N4O3/c26-20(17-5-3-10-24(15-17)18-7-12-28-13-8-18)22-9-11-25-21(27)19-6-2-1-4-16(19)14-23-25/h1-2,4,6,14,17-18H,3,5,7-13,15H2,(H,22,26). The second-order valence-corrected chi connectivity index (χ2v) is 7.73. The number of aromatic nitrogens is 2. The van der Waals surface area contributed by atoms with Crippen LogP contribution in [0.15, 0.2) is 35.3 Å². The van der Waals surface area contributed by atoms with E-state index in [1.807, 2.05) is 18.2 Å². The number of amides is 1. The smallest absolute Gasteiger partial charge is 0.274 e. The molecule has 1 aromatic heterocycles. The minimum absolute atomic E-state index is 0.0258. The number of nitrogens with zero attached hydrogens (tertiary/aromatic N) is 3. The predicted molar refractivity (Wildman–Crippen MR) is 107 cm³/mol. The molecule has 0 aliphatic carbocycles. The first-order valence-corrected chi connectivity index (χ1v) is 10.3. The summed E-state index contributed by atoms with van der Waals surface area (Å²) in [7, 11) is 0. The van der Waals surface area contributed by atoms with Gasteiger partial charge in [0.1, 0.15) is 0 Å². The van der Waals surface area contributed by atoms with Crippen LogP contribution < -0.4 is 10.9 Å². The molecule has 0 bridgehead atoms. The average Bonchev–Trinajstić information content (AvgIpc) is 2.76. The quantitative estimate of drug-likeness (QED) is 0.843. The second-order valence-electron chi connectivity index (χ2n) is 7.73. The molecule has 1 unspecified atom stereocenters. The lowest BCUT2D eigenvalue weighted by atomic mass is 9.94. The number of carbonyl (C=O) groups excluding carboxylic acids is 1. The summed E-state index contributed by atoms with van der Waals surface area (Å²) in [6.45, 7) is 4.34. The summed E-state index contributed by atoms with van der Waals surface area (Å²) in [4.78, 5) is 27.6. The molecule has 4 rings (SSSR count). The molecule has 0 spiro atoms. The van der Waals surface area contributed by atoms with E-state index < -0.39 is 0 Å². The number of carbonyl (C=O) groups is 1. The number of ether oxygens (including phenoxy) is 1. The van der Waals surface area contributed by atoms with E-state index >= 15 is 0 Å². The van der Waals surface area contributed by atoms with Crippen molar-refractivity contribution >= 4 is 16.7 Å². The van der Waals surface area contributed by atoms with Crippen molar-refractivity contribution in [3.63, 3.8) is 0 Å². The number of likely N-dealkylation sites (tertiary alicyclic amines) is 1. The molecular weight excluding hydrogens is 356 g/mol. The Morgan fingerprint density at radius 1 is 1.21 bits per heavy atom. The van der Waals surface area contributed by atoms with Crippen LogP contribution >= 0.6 is 0 Å². The van der Waals surface area contributed by atoms with Gasteiger partial charge in [0.15, 0.2) is 0 Å². The SMILES string of the molecule is O=C(NCCn1ncc2ccccc2c1=O)C1CCCN(C2CCOCC2)C1. The zero-order valence-electron chi connectivity index (χ0n) is 16.2. The fourth-order valence-electron chi connectivity index (χ4n) is 4.32. The van der Waals surface area contributed by atoms with Crippen molar-refractivity contribution < 1.29 is 9.53 Å². The molecule has 0 saturated carbocycles. The van der Waals surface area contributed by atoms with Gasteiger partial charge in [-0.1, -0.05) is 18.2 Å². The molecule has 2 aliphatic heterocycles. The minimum atomic E-state index is -0.115. The van der Waals surface area contributed by atoms with Crippen molar-refractivity contribution in [2.45, 2.75) is 38.3 Å². The maximum Gasteiger partial charge on any atom is 0.274 e. The fourth-order valence-corrected chi connectivity index (χ4v) is 4.32. The van der Waals surface area contributed by atoms with E-state index in [0.717, 1.165) is 57.4 Å². The zero-order valence-corrected chi connectivity index (χ0v) is 16.2. The highest BCUT2D eigenvalue weighted by atomic mass is 16.5. The molecule has 2 saturated heterocycles. The Morgan fingerprint density at radius 2 is 2.04 bits per heavy atom. The molecule has 1 aromatic carbocycles. The number of rotatable bonds is 5. The van der Waals surface area contributed by atoms with Crippen LogP contribution in [0.25, 0.3) is 10.8 Å². The molecule has 2 aliphatic rings. The van der Waals surface area contributed by atoms with Crippen LogP contribution in [0.5, 0.6) is 0 Å². The number of hydrogen-bond acceptors (Lipinski definition) is 5. The molecule has 28 heavy (non-hydrogen) atoms. The molecule has 0 radical (unpaired) electrons. The van der Waals surface area contributed by atoms with Crippen molar-refractivity contribution in [3.05, 3.63) is 40.8 Å². The maximum absolute atomic E-state index is 12.6. The monoisotopic (exact) mass is 384 g/mol. The van der Waals surface area contributed by atoms with Gasteiger partial charge in [-0.25, -0.2) is 4.68 Å². The maximum atomic E-state index is 12.6. The van der Waals surface area contributed by atoms with Gasteiger partial charge in [-0.05, 0) is 38.3 Å². The number of hydrogen-bond donors (Lipinski definition) is 1. The van der Waals surface area contributed by atoms with Crippen molar-refractivity contribution in [3.8, 4) is 0 Å². The summed E-state index contributed by atoms with van der Waals surface area (Å²) in [5, 5.41) is 8.72. The van der Waals surface area contributed by atoms with E-state index in [9.17, 15) is 9.59 Å². The molecule has 7 heteroatoms. The zero-order chi connectivity index (χ0) is 19.3. The second kappa shape index (κ2) is 8.84. The highest BCUT2D eigenvalue weighted by molar-refractivity contribution is 5.80. The van der Waals surface area contributed by atoms with Gasteiger partial charge in [0.05, 0.1) is 24.0 Å². The van der Waals surface area contributed by atoms with Gasteiger partial charge in [-0.2, -0.15) is 5.10 Å². The van der Waals surface area contributed by atoms with Crippen LogP contribution in [-0.2, 0) is 16.1 Å². The van der Waals surface area contributed by atoms with Crippen LogP contribution in [-0.4, -0.2) is 59.5 Å². The van der Waals surface area contributed by atoms with E-state index in [2.05, 4.69) is 15.3 Å². The van der Waals surface area contributed by atoms with Crippen LogP contribution in [0.4, 0.5) is 0 Å². The topological polar surface area (TPSA) is 76.5 Å². The lowest BCUT2D eigenvalue weighted by molar-refractivity contribution is -0.127. The highest BCUT2D eigenvalue weighted by Crippen LogP contribution is 2.23. The number of piperidine rings is 1. The molecule has 2 fully saturated rings. The van der Waals surface area contributed by atoms with Crippen molar-refractivity contribution in [2.75, 3.05) is 32.8 Å². The minimum Gasteiger partial charge on any atom is -0.381 e. The van der Waals surface area contributed by atoms with E-state index in [1.165, 1.54) is 4.68 Å². The summed E-state index contributed by atoms with van der Waals surface area (Å²) in [6.07, 6.45) is 5.81. The molecule has 1 N–H and O–H groups in total. The van der Waals surface area contributed by atoms with Gasteiger partial charge in [0.25, 0.3) is 5.56 Å². The molecule has 2 aromatic rings. The summed E-state index contributed by atoms with van der Waals surface area (Å²) in [5.74, 6) is 0.114. The summed E-state index contributed by atoms with van der Waals surface area (Å²) in [6, 6.07) is 7.97. The Bertz CT molecular complexity index is 875. The Kier molecular flexibility index (Phi) is 6.02. The lowest BCUT2D eigenvalue weighted by Crippen LogP contribution is -2.49. The first-order valence-electron chi connectivity index (χ1n) is 10.3. The lowest BCUT2D eigenvalue weighted by Gasteiger charge is -2.39. The van der Waals surface area contributed by atoms with Gasteiger partial charge in [-0.15, -0.1) is 0 Å². The molecule has 1 atom stereocenters. The van der Waals surface area contributed by atoms with Crippen molar-refractivity contribution in [1.82, 2.24) is 20.0 Å². The van der Waals surface area contributed by atoms with E-state index in [4.69, 9.17) is 4.74 Å². The Hall–Kier alpha value is -2.25. The third-order valence-corrected chi connectivity index (χ3v) is 5.92. The third-order valence-electron chi connectivity index (χ3n) is 5.92. The van der Waals surface area contributed by atoms with Crippen LogP contribution in [0.2, 0.25) is 0 Å². The van der Waals surface area contributed by atoms with Crippen LogP contribution in [0, 0.1) is 5.92 Å². The van der Waals surface area contributed by atoms with Gasteiger partial charge >= 0.3 is 0 Å². The van der Waals surface area contributed by atoms with Gasteiger partial charge in [0, 0.05) is 37.7 Å². The van der Waals surface area contributed by atoms with Crippen molar-refractivity contribution in [1.29, 1.82) is 0 Å². The van der Waals surface area contributed by atoms with E-state index in [0.29, 0.717) is 24.5 Å². The summed E-state index contributed by atoms with van der Waals surface area (Å²) in [5.41, 5.74) is -0.115. The first kappa shape index (κ1) is 19.1. The summed E-state index contributed by atoms with van der Waals surface area (Å²) >= 11 is 0. The molecular formula is C21H28N4O3. The molecule has 150 valence electrons. The largest absolute Gasteiger partial charge is 0.381 e. The first-order chi connectivity index (χ1) is 13.7. The Morgan fingerprint density at radius 3 is 2.89 bits per heavy atom. The van der Waals surface area contributed by atoms with E-state index in [1.54, 1.807) is 12.3 Å². The molecule has 1 amide bonds. The number of nitrogens with one attached hydrogen (secondary N) is 1. The van der Waals surface area contributed by atoms with Gasteiger partial charge in [-0.3, -0.25) is 14.5 Å². The predicted octanol–water partition coefficient (Wildman–Crippen LogP) is 1.40. The summed E-state index contributed by atoms with van der Waals surface area (Å²) < 4.78 is 6.89. The van der Waals surface area contributed by atoms with E-state index in [-0.39, 0.29) is 17.4 Å². The Balaban J connectivity index is 1.30. The Labute approximate surface area is 164 Å². The van der Waals surface area contributed by atoms with Crippen molar-refractivity contribution in [2.24, 2.45) is 5.92 Å². The third kappa shape index (κ3) is 4.25. The van der Waals surface area contributed by atoms with Crippen LogP contribution in [0.3, 0.4) is 0 Å². The average molecular weight is 384 g/mol.